The largest absolute Gasteiger partial charge is 0.338 e. The molecule has 0 saturated heterocycles. The van der Waals surface area contributed by atoms with Gasteiger partial charge in [0.05, 0.1) is 6.42 Å². The van der Waals surface area contributed by atoms with Crippen LogP contribution < -0.4 is 0 Å². The van der Waals surface area contributed by atoms with Crippen LogP contribution in [0.1, 0.15) is 22.6 Å². The number of rotatable bonds is 3. The van der Waals surface area contributed by atoms with Gasteiger partial charge in [0.25, 0.3) is 5.89 Å². The Morgan fingerprint density at radius 1 is 1.31 bits per heavy atom. The van der Waals surface area contributed by atoms with E-state index >= 15 is 0 Å². The average Bonchev–Trinajstić information content (AvgIpc) is 3.20. The van der Waals surface area contributed by atoms with E-state index in [0.29, 0.717) is 41.9 Å². The quantitative estimate of drug-likeness (QED) is 0.707. The summed E-state index contributed by atoms with van der Waals surface area (Å²) < 4.78 is 7.12. The maximum Gasteiger partial charge on any atom is 0.278 e. The monoisotopic (exact) mass is 371 g/mol. The van der Waals surface area contributed by atoms with Crippen molar-refractivity contribution in [3.8, 4) is 11.6 Å². The second kappa shape index (κ2) is 6.57. The van der Waals surface area contributed by atoms with Crippen LogP contribution in [0.4, 0.5) is 0 Å². The van der Waals surface area contributed by atoms with Gasteiger partial charge < -0.3 is 9.42 Å². The molecule has 0 N–H and O–H groups in total. The molecule has 0 radical (unpaired) electrons. The van der Waals surface area contributed by atoms with Crippen LogP contribution in [0, 0.1) is 6.92 Å². The Balaban J connectivity index is 1.57. The first kappa shape index (κ1) is 16.8. The molecule has 0 atom stereocenters. The highest BCUT2D eigenvalue weighted by molar-refractivity contribution is 6.30. The van der Waals surface area contributed by atoms with E-state index in [1.54, 1.807) is 19.1 Å². The number of aromatic nitrogens is 4. The van der Waals surface area contributed by atoms with Crippen molar-refractivity contribution in [2.75, 3.05) is 6.54 Å². The van der Waals surface area contributed by atoms with E-state index < -0.39 is 0 Å². The lowest BCUT2D eigenvalue weighted by Crippen LogP contribution is -2.37. The second-order valence-electron chi connectivity index (χ2n) is 6.41. The van der Waals surface area contributed by atoms with Crippen LogP contribution in [0.3, 0.4) is 0 Å². The fourth-order valence-corrected chi connectivity index (χ4v) is 3.38. The van der Waals surface area contributed by atoms with E-state index in [2.05, 4.69) is 15.2 Å². The fraction of sp³-hybridized carbons (Fsp3) is 0.333. The number of carbonyl (C=O) groups is 1. The summed E-state index contributed by atoms with van der Waals surface area (Å²) in [5.41, 5.74) is 3.69. The summed E-state index contributed by atoms with van der Waals surface area (Å²) in [6.45, 7) is 2.93. The normalized spacial score (nSPS) is 13.7. The third-order valence-electron chi connectivity index (χ3n) is 4.59. The minimum absolute atomic E-state index is 0.0782. The molecule has 2 aromatic heterocycles. The zero-order valence-corrected chi connectivity index (χ0v) is 15.3. The van der Waals surface area contributed by atoms with Crippen LogP contribution in [-0.2, 0) is 31.2 Å². The first-order chi connectivity index (χ1) is 12.5. The van der Waals surface area contributed by atoms with E-state index in [4.69, 9.17) is 16.1 Å². The zero-order chi connectivity index (χ0) is 18.3. The van der Waals surface area contributed by atoms with E-state index in [-0.39, 0.29) is 5.91 Å². The molecular formula is C18H18ClN5O2. The molecule has 134 valence electrons. The summed E-state index contributed by atoms with van der Waals surface area (Å²) in [5, 5.41) is 9.04. The fourth-order valence-electron chi connectivity index (χ4n) is 3.26. The summed E-state index contributed by atoms with van der Waals surface area (Å²) in [6.07, 6.45) is 1.10. The summed E-state index contributed by atoms with van der Waals surface area (Å²) >= 11 is 5.91. The number of halogens is 1. The van der Waals surface area contributed by atoms with E-state index in [9.17, 15) is 4.79 Å². The lowest BCUT2D eigenvalue weighted by Gasteiger charge is -2.27. The molecule has 0 fully saturated rings. The van der Waals surface area contributed by atoms with Crippen molar-refractivity contribution in [1.82, 2.24) is 24.8 Å². The van der Waals surface area contributed by atoms with Crippen molar-refractivity contribution >= 4 is 17.5 Å². The van der Waals surface area contributed by atoms with Gasteiger partial charge in [-0.1, -0.05) is 28.9 Å². The first-order valence-electron chi connectivity index (χ1n) is 8.39. The standard InChI is InChI=1S/C18H18ClN5O2/c1-11-20-18(26-22-11)17-14-10-24(8-7-15(14)23(2)21-17)16(25)9-12-3-5-13(19)6-4-12/h3-6H,7-10H2,1-2H3. The Kier molecular flexibility index (Phi) is 4.24. The van der Waals surface area contributed by atoms with Crippen LogP contribution >= 0.6 is 11.6 Å². The van der Waals surface area contributed by atoms with Crippen molar-refractivity contribution in [2.24, 2.45) is 7.05 Å². The predicted octanol–water partition coefficient (Wildman–Crippen LogP) is 2.56. The van der Waals surface area contributed by atoms with E-state index in [0.717, 1.165) is 23.2 Å². The third kappa shape index (κ3) is 3.10. The van der Waals surface area contributed by atoms with Crippen LogP contribution in [0.5, 0.6) is 0 Å². The van der Waals surface area contributed by atoms with Gasteiger partial charge in [0, 0.05) is 42.8 Å². The SMILES string of the molecule is Cc1noc(-c2nn(C)c3c2CN(C(=O)Cc2ccc(Cl)cc2)CC3)n1. The minimum atomic E-state index is 0.0782. The molecule has 8 heteroatoms. The maximum atomic E-state index is 12.7. The van der Waals surface area contributed by atoms with Gasteiger partial charge in [-0.2, -0.15) is 10.1 Å². The van der Waals surface area contributed by atoms with Crippen molar-refractivity contribution in [1.29, 1.82) is 0 Å². The number of hydrogen-bond acceptors (Lipinski definition) is 5. The highest BCUT2D eigenvalue weighted by Crippen LogP contribution is 2.29. The molecule has 1 aliphatic rings. The van der Waals surface area contributed by atoms with Crippen molar-refractivity contribution < 1.29 is 9.32 Å². The lowest BCUT2D eigenvalue weighted by atomic mass is 10.0. The molecule has 3 heterocycles. The molecule has 0 unspecified atom stereocenters. The molecule has 0 saturated carbocycles. The number of amides is 1. The Hall–Kier alpha value is -2.67. The number of hydrogen-bond donors (Lipinski definition) is 0. The highest BCUT2D eigenvalue weighted by atomic mass is 35.5. The van der Waals surface area contributed by atoms with E-state index in [1.807, 2.05) is 28.8 Å². The Bertz CT molecular complexity index is 961. The molecular weight excluding hydrogens is 354 g/mol. The smallest absolute Gasteiger partial charge is 0.278 e. The summed E-state index contributed by atoms with van der Waals surface area (Å²) in [5.74, 6) is 1.03. The molecule has 7 nitrogen and oxygen atoms in total. The molecule has 0 spiro atoms. The number of carbonyl (C=O) groups excluding carboxylic acids is 1. The van der Waals surface area contributed by atoms with Gasteiger partial charge in [-0.05, 0) is 24.6 Å². The van der Waals surface area contributed by atoms with Crippen LogP contribution in [-0.4, -0.2) is 37.3 Å². The summed E-state index contributed by atoms with van der Waals surface area (Å²) in [4.78, 5) is 18.9. The maximum absolute atomic E-state index is 12.7. The molecule has 1 amide bonds. The summed E-state index contributed by atoms with van der Waals surface area (Å²) in [7, 11) is 1.90. The van der Waals surface area contributed by atoms with Crippen molar-refractivity contribution in [2.45, 2.75) is 26.3 Å². The molecule has 4 rings (SSSR count). The number of fused-ring (bicyclic) bond motifs is 1. The van der Waals surface area contributed by atoms with Crippen molar-refractivity contribution in [3.63, 3.8) is 0 Å². The van der Waals surface area contributed by atoms with Gasteiger partial charge in [-0.15, -0.1) is 0 Å². The van der Waals surface area contributed by atoms with Gasteiger partial charge in [-0.25, -0.2) is 0 Å². The first-order valence-corrected chi connectivity index (χ1v) is 8.76. The zero-order valence-electron chi connectivity index (χ0n) is 14.6. The van der Waals surface area contributed by atoms with Gasteiger partial charge in [0.1, 0.15) is 0 Å². The molecule has 26 heavy (non-hydrogen) atoms. The number of nitrogens with zero attached hydrogens (tertiary/aromatic N) is 5. The number of aryl methyl sites for hydroxylation is 2. The van der Waals surface area contributed by atoms with Gasteiger partial charge in [-0.3, -0.25) is 9.48 Å². The van der Waals surface area contributed by atoms with Crippen LogP contribution in [0.25, 0.3) is 11.6 Å². The van der Waals surface area contributed by atoms with Gasteiger partial charge >= 0.3 is 0 Å². The Morgan fingerprint density at radius 2 is 2.08 bits per heavy atom. The molecule has 3 aromatic rings. The molecule has 1 aliphatic heterocycles. The van der Waals surface area contributed by atoms with Gasteiger partial charge in [0.2, 0.25) is 5.91 Å². The topological polar surface area (TPSA) is 77.0 Å². The Morgan fingerprint density at radius 3 is 2.77 bits per heavy atom. The van der Waals surface area contributed by atoms with Crippen LogP contribution in [0.15, 0.2) is 28.8 Å². The summed E-state index contributed by atoms with van der Waals surface area (Å²) in [6, 6.07) is 7.36. The van der Waals surface area contributed by atoms with Gasteiger partial charge in [0.15, 0.2) is 11.5 Å². The minimum Gasteiger partial charge on any atom is -0.338 e. The lowest BCUT2D eigenvalue weighted by molar-refractivity contribution is -0.131. The predicted molar refractivity (Wildman–Crippen MR) is 95.5 cm³/mol. The number of benzene rings is 1. The molecule has 1 aromatic carbocycles. The average molecular weight is 372 g/mol. The van der Waals surface area contributed by atoms with Crippen molar-refractivity contribution in [3.05, 3.63) is 51.9 Å². The highest BCUT2D eigenvalue weighted by Gasteiger charge is 2.29. The Labute approximate surface area is 155 Å². The molecule has 0 bridgehead atoms. The molecule has 0 aliphatic carbocycles. The van der Waals surface area contributed by atoms with E-state index in [1.165, 1.54) is 0 Å². The second-order valence-corrected chi connectivity index (χ2v) is 6.85. The van der Waals surface area contributed by atoms with Crippen LogP contribution in [0.2, 0.25) is 5.02 Å². The third-order valence-corrected chi connectivity index (χ3v) is 4.85.